The standard InChI is InChI=1S/C26H30N8OS/c1-34-15-18-8-5-4-7-17-11-21(12-19(16-34)24(17)18)29-26-28-14-20(13-27)25(32-26)31-22-9-6-10-23(30-22)33-36(2,3)35/h6,9-12,14,18H,4-5,7-8,15-16H2,1-3H3,(H2,28,29,30,31,32). The number of hydrogen-bond acceptors (Lipinski definition) is 9. The predicted molar refractivity (Wildman–Crippen MR) is 143 cm³/mol. The minimum absolute atomic E-state index is 0.293. The van der Waals surface area contributed by atoms with Gasteiger partial charge >= 0.3 is 0 Å². The largest absolute Gasteiger partial charge is 0.324 e. The topological polar surface area (TPSA) is 119 Å². The number of likely N-dealkylation sites (N-methyl/N-ethyl adjacent to an activating group) is 1. The van der Waals surface area contributed by atoms with Crippen molar-refractivity contribution in [3.63, 3.8) is 0 Å². The maximum absolute atomic E-state index is 12.0. The Morgan fingerprint density at radius 3 is 2.81 bits per heavy atom. The van der Waals surface area contributed by atoms with Crippen molar-refractivity contribution in [1.82, 2.24) is 19.9 Å². The Morgan fingerprint density at radius 1 is 1.17 bits per heavy atom. The second-order valence-corrected chi connectivity index (χ2v) is 12.4. The smallest absolute Gasteiger partial charge is 0.229 e. The molecular formula is C26H30N8OS. The van der Waals surface area contributed by atoms with Crippen molar-refractivity contribution in [2.75, 3.05) is 36.7 Å². The minimum atomic E-state index is -2.34. The molecule has 9 nitrogen and oxygen atoms in total. The number of benzene rings is 1. The lowest BCUT2D eigenvalue weighted by molar-refractivity contribution is 0.274. The molecule has 1 unspecified atom stereocenters. The Bertz CT molecular complexity index is 1460. The van der Waals surface area contributed by atoms with Gasteiger partial charge in [-0.05, 0) is 73.2 Å². The van der Waals surface area contributed by atoms with E-state index in [1.165, 1.54) is 36.6 Å². The van der Waals surface area contributed by atoms with Crippen LogP contribution >= 0.6 is 0 Å². The Labute approximate surface area is 212 Å². The number of aryl methyl sites for hydroxylation is 1. The van der Waals surface area contributed by atoms with E-state index in [9.17, 15) is 9.47 Å². The number of nitrogens with zero attached hydrogens (tertiary/aromatic N) is 6. The highest BCUT2D eigenvalue weighted by molar-refractivity contribution is 7.92. The zero-order valence-corrected chi connectivity index (χ0v) is 21.6. The fourth-order valence-corrected chi connectivity index (χ4v) is 5.67. The van der Waals surface area contributed by atoms with Crippen molar-refractivity contribution in [3.8, 4) is 6.07 Å². The third-order valence-electron chi connectivity index (χ3n) is 6.44. The van der Waals surface area contributed by atoms with Crippen molar-refractivity contribution in [3.05, 3.63) is 58.8 Å². The maximum atomic E-state index is 12.0. The van der Waals surface area contributed by atoms with Crippen LogP contribution in [0.4, 0.5) is 29.1 Å². The molecule has 2 N–H and O–H groups in total. The van der Waals surface area contributed by atoms with Gasteiger partial charge in [0.2, 0.25) is 5.95 Å². The molecular weight excluding hydrogens is 472 g/mol. The van der Waals surface area contributed by atoms with E-state index in [1.54, 1.807) is 36.3 Å². The average molecular weight is 503 g/mol. The molecule has 3 aromatic rings. The van der Waals surface area contributed by atoms with Crippen molar-refractivity contribution in [2.24, 2.45) is 4.36 Å². The first-order chi connectivity index (χ1) is 17.3. The number of aromatic nitrogens is 3. The molecule has 1 aliphatic heterocycles. The predicted octanol–water partition coefficient (Wildman–Crippen LogP) is 4.84. The molecule has 1 aliphatic carbocycles. The minimum Gasteiger partial charge on any atom is -0.324 e. The summed E-state index contributed by atoms with van der Waals surface area (Å²) in [5.41, 5.74) is 5.58. The van der Waals surface area contributed by atoms with Gasteiger partial charge in [-0.2, -0.15) is 14.6 Å². The lowest BCUT2D eigenvalue weighted by Crippen LogP contribution is -2.30. The molecule has 2 aliphatic rings. The van der Waals surface area contributed by atoms with Gasteiger partial charge in [0, 0.05) is 41.0 Å². The van der Waals surface area contributed by atoms with Crippen molar-refractivity contribution in [1.29, 1.82) is 5.26 Å². The monoisotopic (exact) mass is 502 g/mol. The van der Waals surface area contributed by atoms with Gasteiger partial charge in [-0.25, -0.2) is 14.2 Å². The van der Waals surface area contributed by atoms with E-state index < -0.39 is 9.73 Å². The number of rotatable bonds is 5. The van der Waals surface area contributed by atoms with Crippen molar-refractivity contribution >= 4 is 38.8 Å². The molecule has 0 fully saturated rings. The van der Waals surface area contributed by atoms with E-state index >= 15 is 0 Å². The SMILES string of the molecule is CN1Cc2cc(Nc3ncc(C#N)c(Nc4cccc(N=S(C)(C)=O)n4)n3)cc3c2C(CCCC3)C1. The molecule has 0 spiro atoms. The number of anilines is 4. The first-order valence-electron chi connectivity index (χ1n) is 12.1. The second kappa shape index (κ2) is 9.84. The van der Waals surface area contributed by atoms with Gasteiger partial charge in [0.15, 0.2) is 11.6 Å². The molecule has 0 amide bonds. The molecule has 1 aromatic carbocycles. The molecule has 5 rings (SSSR count). The first-order valence-corrected chi connectivity index (χ1v) is 14.4. The summed E-state index contributed by atoms with van der Waals surface area (Å²) in [5, 5.41) is 16.0. The van der Waals surface area contributed by atoms with Crippen molar-refractivity contribution in [2.45, 2.75) is 38.1 Å². The van der Waals surface area contributed by atoms with Gasteiger partial charge in [-0.3, -0.25) is 0 Å². The molecule has 2 aromatic heterocycles. The van der Waals surface area contributed by atoms with Crippen LogP contribution in [0.5, 0.6) is 0 Å². The summed E-state index contributed by atoms with van der Waals surface area (Å²) in [5.74, 6) is 2.14. The van der Waals surface area contributed by atoms with E-state index in [4.69, 9.17) is 0 Å². The maximum Gasteiger partial charge on any atom is 0.229 e. The number of hydrogen-bond donors (Lipinski definition) is 2. The van der Waals surface area contributed by atoms with Crippen LogP contribution in [-0.4, -0.2) is 50.2 Å². The highest BCUT2D eigenvalue weighted by Gasteiger charge is 2.28. The zero-order chi connectivity index (χ0) is 25.3. The molecule has 0 bridgehead atoms. The molecule has 0 saturated carbocycles. The van der Waals surface area contributed by atoms with Gasteiger partial charge in [0.05, 0.1) is 6.20 Å². The second-order valence-electron chi connectivity index (χ2n) is 9.82. The quantitative estimate of drug-likeness (QED) is 0.508. The zero-order valence-electron chi connectivity index (χ0n) is 20.8. The van der Waals surface area contributed by atoms with Gasteiger partial charge in [-0.1, -0.05) is 12.5 Å². The average Bonchev–Trinajstić information content (AvgIpc) is 3.01. The van der Waals surface area contributed by atoms with E-state index in [-0.39, 0.29) is 0 Å². The Hall–Kier alpha value is -3.55. The summed E-state index contributed by atoms with van der Waals surface area (Å²) in [6.45, 7) is 2.06. The summed E-state index contributed by atoms with van der Waals surface area (Å²) in [6.07, 6.45) is 9.42. The number of nitriles is 1. The third kappa shape index (κ3) is 5.48. The molecule has 1 atom stereocenters. The Kier molecular flexibility index (Phi) is 6.60. The fourth-order valence-electron chi connectivity index (χ4n) is 5.12. The number of nitrogens with one attached hydrogen (secondary N) is 2. The summed E-state index contributed by atoms with van der Waals surface area (Å²) in [4.78, 5) is 15.7. The molecule has 10 heteroatoms. The van der Waals surface area contributed by atoms with Crippen LogP contribution in [0.1, 0.15) is 47.4 Å². The number of pyridine rings is 1. The van der Waals surface area contributed by atoms with Crippen LogP contribution in [0.3, 0.4) is 0 Å². The summed E-state index contributed by atoms with van der Waals surface area (Å²) >= 11 is 0. The van der Waals surface area contributed by atoms with E-state index in [0.29, 0.717) is 34.9 Å². The molecule has 3 heterocycles. The van der Waals surface area contributed by atoms with E-state index in [1.807, 2.05) is 0 Å². The Balaban J connectivity index is 1.44. The van der Waals surface area contributed by atoms with Crippen LogP contribution in [0.2, 0.25) is 0 Å². The fraction of sp³-hybridized carbons (Fsp3) is 0.385. The van der Waals surface area contributed by atoms with Gasteiger partial charge < -0.3 is 15.5 Å². The lowest BCUT2D eigenvalue weighted by Gasteiger charge is -2.33. The van der Waals surface area contributed by atoms with Crippen molar-refractivity contribution < 1.29 is 4.21 Å². The normalized spacial score (nSPS) is 17.4. The van der Waals surface area contributed by atoms with Crippen LogP contribution in [0.25, 0.3) is 0 Å². The van der Waals surface area contributed by atoms with Crippen LogP contribution < -0.4 is 10.6 Å². The van der Waals surface area contributed by atoms with E-state index in [0.717, 1.165) is 25.2 Å². The summed E-state index contributed by atoms with van der Waals surface area (Å²) < 4.78 is 16.2. The van der Waals surface area contributed by atoms with Crippen LogP contribution in [-0.2, 0) is 22.7 Å². The van der Waals surface area contributed by atoms with Gasteiger partial charge in [0.1, 0.15) is 17.5 Å². The Morgan fingerprint density at radius 2 is 2.00 bits per heavy atom. The molecule has 36 heavy (non-hydrogen) atoms. The molecule has 186 valence electrons. The lowest BCUT2D eigenvalue weighted by atomic mass is 9.84. The highest BCUT2D eigenvalue weighted by Crippen LogP contribution is 2.39. The van der Waals surface area contributed by atoms with Gasteiger partial charge in [0.25, 0.3) is 0 Å². The van der Waals surface area contributed by atoms with Crippen LogP contribution in [0, 0.1) is 11.3 Å². The molecule has 0 radical (unpaired) electrons. The first kappa shape index (κ1) is 24.2. The highest BCUT2D eigenvalue weighted by atomic mass is 32.2. The van der Waals surface area contributed by atoms with Crippen LogP contribution in [0.15, 0.2) is 40.9 Å². The summed E-state index contributed by atoms with van der Waals surface area (Å²) in [6, 6.07) is 11.8. The van der Waals surface area contributed by atoms with E-state index in [2.05, 4.69) is 60.1 Å². The van der Waals surface area contributed by atoms with Gasteiger partial charge in [-0.15, -0.1) is 0 Å². The molecule has 0 saturated heterocycles. The summed E-state index contributed by atoms with van der Waals surface area (Å²) in [7, 11) is -0.159. The third-order valence-corrected chi connectivity index (χ3v) is 7.07.